The van der Waals surface area contributed by atoms with Crippen LogP contribution in [0.4, 0.5) is 5.13 Å². The number of carboxylic acids is 1. The lowest BCUT2D eigenvalue weighted by atomic mass is 10.6. The monoisotopic (exact) mass is 196 g/mol. The maximum Gasteiger partial charge on any atom is 0.347 e. The molecular weight excluding hydrogens is 188 g/mol. The van der Waals surface area contributed by atoms with Crippen LogP contribution in [0.2, 0.25) is 0 Å². The number of nitrogens with zero attached hydrogens (tertiary/aromatic N) is 1. The third kappa shape index (κ3) is 2.76. The Hall–Kier alpha value is -1.54. The number of carboxylic acid groups (broad SMARTS) is 1. The van der Waals surface area contributed by atoms with Gasteiger partial charge in [-0.1, -0.05) is 17.3 Å². The number of hydrogen-bond acceptors (Lipinski definition) is 4. The zero-order valence-electron chi connectivity index (χ0n) is 7.00. The van der Waals surface area contributed by atoms with Gasteiger partial charge in [-0.05, 0) is 6.92 Å². The Morgan fingerprint density at radius 1 is 1.85 bits per heavy atom. The molecule has 0 saturated carbocycles. The minimum atomic E-state index is -0.952. The SMILES string of the molecule is CC#CCNc1ncc(C(=O)O)s1. The molecule has 13 heavy (non-hydrogen) atoms. The summed E-state index contributed by atoms with van der Waals surface area (Å²) >= 11 is 1.10. The lowest BCUT2D eigenvalue weighted by molar-refractivity contribution is 0.0702. The fraction of sp³-hybridized carbons (Fsp3) is 0.250. The Morgan fingerprint density at radius 2 is 2.62 bits per heavy atom. The number of thiazole rings is 1. The van der Waals surface area contributed by atoms with E-state index >= 15 is 0 Å². The van der Waals surface area contributed by atoms with Gasteiger partial charge in [0.25, 0.3) is 0 Å². The molecule has 1 aromatic rings. The molecule has 1 rings (SSSR count). The number of anilines is 1. The summed E-state index contributed by atoms with van der Waals surface area (Å²) in [6.07, 6.45) is 1.33. The van der Waals surface area contributed by atoms with E-state index in [1.807, 2.05) is 0 Å². The number of nitrogens with one attached hydrogen (secondary N) is 1. The predicted molar refractivity (Wildman–Crippen MR) is 51.0 cm³/mol. The van der Waals surface area contributed by atoms with Crippen molar-refractivity contribution in [2.75, 3.05) is 11.9 Å². The van der Waals surface area contributed by atoms with E-state index in [2.05, 4.69) is 22.1 Å². The first-order valence-electron chi connectivity index (χ1n) is 3.56. The second-order valence-corrected chi connectivity index (χ2v) is 3.15. The zero-order chi connectivity index (χ0) is 9.68. The highest BCUT2D eigenvalue weighted by molar-refractivity contribution is 7.17. The first kappa shape index (κ1) is 9.55. The minimum Gasteiger partial charge on any atom is -0.477 e. The smallest absolute Gasteiger partial charge is 0.347 e. The summed E-state index contributed by atoms with van der Waals surface area (Å²) in [6.45, 7) is 2.23. The molecule has 0 fully saturated rings. The Labute approximate surface area is 79.6 Å². The van der Waals surface area contributed by atoms with E-state index in [9.17, 15) is 4.79 Å². The van der Waals surface area contributed by atoms with Gasteiger partial charge in [-0.15, -0.1) is 5.92 Å². The van der Waals surface area contributed by atoms with Crippen LogP contribution in [0.15, 0.2) is 6.20 Å². The molecule has 0 saturated heterocycles. The Morgan fingerprint density at radius 3 is 3.15 bits per heavy atom. The number of aromatic carboxylic acids is 1. The van der Waals surface area contributed by atoms with E-state index in [-0.39, 0.29) is 4.88 Å². The number of carbonyl (C=O) groups is 1. The maximum absolute atomic E-state index is 10.5. The van der Waals surface area contributed by atoms with Crippen molar-refractivity contribution in [3.05, 3.63) is 11.1 Å². The fourth-order valence-corrected chi connectivity index (χ4v) is 1.31. The summed E-state index contributed by atoms with van der Waals surface area (Å²) in [7, 11) is 0. The van der Waals surface area contributed by atoms with Gasteiger partial charge in [0.05, 0.1) is 12.7 Å². The van der Waals surface area contributed by atoms with Gasteiger partial charge in [-0.3, -0.25) is 0 Å². The summed E-state index contributed by atoms with van der Waals surface area (Å²) in [5.41, 5.74) is 0. The maximum atomic E-state index is 10.5. The highest BCUT2D eigenvalue weighted by Crippen LogP contribution is 2.17. The van der Waals surface area contributed by atoms with E-state index in [1.54, 1.807) is 6.92 Å². The molecule has 4 nitrogen and oxygen atoms in total. The van der Waals surface area contributed by atoms with Gasteiger partial charge in [-0.2, -0.15) is 0 Å². The van der Waals surface area contributed by atoms with Gasteiger partial charge in [0.2, 0.25) is 0 Å². The number of rotatable bonds is 3. The topological polar surface area (TPSA) is 62.2 Å². The van der Waals surface area contributed by atoms with Crippen molar-refractivity contribution >= 4 is 22.4 Å². The second kappa shape index (κ2) is 4.48. The minimum absolute atomic E-state index is 0.229. The Bertz CT molecular complexity index is 362. The van der Waals surface area contributed by atoms with Crippen LogP contribution in [-0.2, 0) is 0 Å². The molecule has 0 atom stereocenters. The lowest BCUT2D eigenvalue weighted by Gasteiger charge is -1.92. The molecule has 0 spiro atoms. The van der Waals surface area contributed by atoms with E-state index < -0.39 is 5.97 Å². The molecule has 0 aromatic carbocycles. The molecular formula is C8H8N2O2S. The second-order valence-electron chi connectivity index (χ2n) is 2.12. The molecule has 0 aliphatic carbocycles. The number of hydrogen-bond donors (Lipinski definition) is 2. The average molecular weight is 196 g/mol. The highest BCUT2D eigenvalue weighted by Gasteiger charge is 2.06. The quantitative estimate of drug-likeness (QED) is 0.715. The normalized spacial score (nSPS) is 8.69. The lowest BCUT2D eigenvalue weighted by Crippen LogP contribution is -1.96. The fourth-order valence-electron chi connectivity index (χ4n) is 0.663. The molecule has 1 heterocycles. The van der Waals surface area contributed by atoms with E-state index in [0.717, 1.165) is 11.3 Å². The summed E-state index contributed by atoms with van der Waals surface area (Å²) in [5, 5.41) is 12.1. The van der Waals surface area contributed by atoms with Crippen molar-refractivity contribution in [3.8, 4) is 11.8 Å². The van der Waals surface area contributed by atoms with Crippen molar-refractivity contribution in [3.63, 3.8) is 0 Å². The van der Waals surface area contributed by atoms with Crippen LogP contribution >= 0.6 is 11.3 Å². The molecule has 0 radical (unpaired) electrons. The molecule has 0 aliphatic rings. The van der Waals surface area contributed by atoms with Crippen LogP contribution in [0.5, 0.6) is 0 Å². The number of aromatic nitrogens is 1. The van der Waals surface area contributed by atoms with Gasteiger partial charge >= 0.3 is 5.97 Å². The van der Waals surface area contributed by atoms with Crippen LogP contribution in [0.1, 0.15) is 16.6 Å². The average Bonchev–Trinajstić information content (AvgIpc) is 2.53. The zero-order valence-corrected chi connectivity index (χ0v) is 7.81. The first-order valence-corrected chi connectivity index (χ1v) is 4.38. The summed E-state index contributed by atoms with van der Waals surface area (Å²) in [6, 6.07) is 0. The summed E-state index contributed by atoms with van der Waals surface area (Å²) < 4.78 is 0. The van der Waals surface area contributed by atoms with E-state index in [0.29, 0.717) is 11.7 Å². The van der Waals surface area contributed by atoms with Crippen molar-refractivity contribution in [2.45, 2.75) is 6.92 Å². The molecule has 1 aromatic heterocycles. The third-order valence-electron chi connectivity index (χ3n) is 1.22. The van der Waals surface area contributed by atoms with Crippen LogP contribution in [0.25, 0.3) is 0 Å². The molecule has 0 unspecified atom stereocenters. The molecule has 68 valence electrons. The van der Waals surface area contributed by atoms with Crippen molar-refractivity contribution in [1.82, 2.24) is 4.98 Å². The van der Waals surface area contributed by atoms with E-state index in [1.165, 1.54) is 6.20 Å². The van der Waals surface area contributed by atoms with Crippen molar-refractivity contribution in [2.24, 2.45) is 0 Å². The van der Waals surface area contributed by atoms with Crippen LogP contribution in [-0.4, -0.2) is 22.6 Å². The molecule has 5 heteroatoms. The van der Waals surface area contributed by atoms with Crippen molar-refractivity contribution in [1.29, 1.82) is 0 Å². The van der Waals surface area contributed by atoms with Gasteiger partial charge in [0.15, 0.2) is 5.13 Å². The van der Waals surface area contributed by atoms with Gasteiger partial charge in [0, 0.05) is 0 Å². The molecule has 0 amide bonds. The van der Waals surface area contributed by atoms with Gasteiger partial charge in [-0.25, -0.2) is 9.78 Å². The Kier molecular flexibility index (Phi) is 3.29. The predicted octanol–water partition coefficient (Wildman–Crippen LogP) is 1.28. The molecule has 2 N–H and O–H groups in total. The van der Waals surface area contributed by atoms with Gasteiger partial charge in [0.1, 0.15) is 4.88 Å². The van der Waals surface area contributed by atoms with Crippen molar-refractivity contribution < 1.29 is 9.90 Å². The standard InChI is InChI=1S/C8H8N2O2S/c1-2-3-4-9-8-10-5-6(13-8)7(11)12/h5H,4H2,1H3,(H,9,10)(H,11,12). The van der Waals surface area contributed by atoms with Crippen LogP contribution < -0.4 is 5.32 Å². The van der Waals surface area contributed by atoms with E-state index in [4.69, 9.17) is 5.11 Å². The van der Waals surface area contributed by atoms with Crippen LogP contribution in [0.3, 0.4) is 0 Å². The third-order valence-corrected chi connectivity index (χ3v) is 2.16. The Balaban J connectivity index is 2.57. The molecule has 0 bridgehead atoms. The molecule has 0 aliphatic heterocycles. The summed E-state index contributed by atoms with van der Waals surface area (Å²) in [5.74, 6) is 4.56. The first-order chi connectivity index (χ1) is 6.24. The van der Waals surface area contributed by atoms with Gasteiger partial charge < -0.3 is 10.4 Å². The largest absolute Gasteiger partial charge is 0.477 e. The highest BCUT2D eigenvalue weighted by atomic mass is 32.1. The van der Waals surface area contributed by atoms with Crippen LogP contribution in [0, 0.1) is 11.8 Å². The summed E-state index contributed by atoms with van der Waals surface area (Å²) in [4.78, 5) is 14.6.